The van der Waals surface area contributed by atoms with E-state index in [4.69, 9.17) is 21.1 Å². The van der Waals surface area contributed by atoms with E-state index < -0.39 is 10.0 Å². The molecule has 6 nitrogen and oxygen atoms in total. The van der Waals surface area contributed by atoms with E-state index in [0.717, 1.165) is 11.1 Å². The summed E-state index contributed by atoms with van der Waals surface area (Å²) in [5, 5.41) is 1.32. The Balaban J connectivity index is 1.80. The molecular formula is C25H22BrClN2O4S. The van der Waals surface area contributed by atoms with E-state index in [0.29, 0.717) is 26.7 Å². The first-order valence-corrected chi connectivity index (χ1v) is 12.9. The van der Waals surface area contributed by atoms with Crippen LogP contribution < -0.4 is 9.47 Å². The lowest BCUT2D eigenvalue weighted by molar-refractivity contribution is 0.398. The standard InChI is InChI=1S/C25H22BrClN2O4S/c1-32-20-7-3-17(4-8-20)15-29(16-18-5-9-21(33-2)10-6-18)34(30,31)24-14-19(26)13-23-22(24)11-12-28-25(23)27/h3-14H,15-16H2,1-2H3. The molecule has 0 saturated heterocycles. The van der Waals surface area contributed by atoms with Gasteiger partial charge in [0, 0.05) is 34.5 Å². The van der Waals surface area contributed by atoms with Crippen LogP contribution >= 0.6 is 27.5 Å². The summed E-state index contributed by atoms with van der Waals surface area (Å²) in [6.45, 7) is 0.344. The van der Waals surface area contributed by atoms with Crippen molar-refractivity contribution in [2.45, 2.75) is 18.0 Å². The Morgan fingerprint density at radius 3 is 1.88 bits per heavy atom. The van der Waals surface area contributed by atoms with Gasteiger partial charge in [0.2, 0.25) is 10.0 Å². The van der Waals surface area contributed by atoms with Gasteiger partial charge in [-0.3, -0.25) is 0 Å². The molecule has 0 aliphatic carbocycles. The lowest BCUT2D eigenvalue weighted by Crippen LogP contribution is -2.30. The van der Waals surface area contributed by atoms with Gasteiger partial charge >= 0.3 is 0 Å². The number of methoxy groups -OCH3 is 2. The van der Waals surface area contributed by atoms with Gasteiger partial charge in [-0.15, -0.1) is 0 Å². The van der Waals surface area contributed by atoms with Crippen LogP contribution in [0.5, 0.6) is 11.5 Å². The van der Waals surface area contributed by atoms with Gasteiger partial charge in [-0.2, -0.15) is 4.31 Å². The normalized spacial score (nSPS) is 11.7. The molecule has 0 spiro atoms. The summed E-state index contributed by atoms with van der Waals surface area (Å²) in [4.78, 5) is 4.25. The van der Waals surface area contributed by atoms with Gasteiger partial charge in [-0.1, -0.05) is 51.8 Å². The third-order valence-corrected chi connectivity index (χ3v) is 8.00. The first-order valence-electron chi connectivity index (χ1n) is 10.3. The van der Waals surface area contributed by atoms with Crippen molar-refractivity contribution in [1.82, 2.24) is 9.29 Å². The molecule has 0 atom stereocenters. The van der Waals surface area contributed by atoms with Crippen LogP contribution in [0.3, 0.4) is 0 Å². The Labute approximate surface area is 212 Å². The van der Waals surface area contributed by atoms with Crippen molar-refractivity contribution in [2.24, 2.45) is 0 Å². The van der Waals surface area contributed by atoms with E-state index >= 15 is 0 Å². The molecule has 0 amide bonds. The molecule has 0 radical (unpaired) electrons. The van der Waals surface area contributed by atoms with Crippen LogP contribution in [0.1, 0.15) is 11.1 Å². The van der Waals surface area contributed by atoms with Gasteiger partial charge in [0.05, 0.1) is 19.1 Å². The molecule has 176 valence electrons. The average Bonchev–Trinajstić information content (AvgIpc) is 2.84. The predicted octanol–water partition coefficient (Wildman–Crippen LogP) is 6.06. The number of fused-ring (bicyclic) bond motifs is 1. The maximum atomic E-state index is 14.1. The van der Waals surface area contributed by atoms with Crippen molar-refractivity contribution in [3.05, 3.63) is 93.7 Å². The highest BCUT2D eigenvalue weighted by Crippen LogP contribution is 2.34. The van der Waals surface area contributed by atoms with Gasteiger partial charge in [-0.05, 0) is 53.6 Å². The summed E-state index contributed by atoms with van der Waals surface area (Å²) in [6, 6.07) is 19.7. The van der Waals surface area contributed by atoms with Crippen molar-refractivity contribution in [3.8, 4) is 11.5 Å². The van der Waals surface area contributed by atoms with Crippen LogP contribution in [0.15, 0.2) is 82.3 Å². The zero-order valence-corrected chi connectivity index (χ0v) is 21.7. The number of sulfonamides is 1. The molecule has 0 N–H and O–H groups in total. The summed E-state index contributed by atoms with van der Waals surface area (Å²) in [6.07, 6.45) is 1.51. The summed E-state index contributed by atoms with van der Waals surface area (Å²) >= 11 is 9.71. The number of nitrogens with zero attached hydrogens (tertiary/aromatic N) is 2. The number of hydrogen-bond acceptors (Lipinski definition) is 5. The van der Waals surface area contributed by atoms with E-state index in [9.17, 15) is 8.42 Å². The molecular weight excluding hydrogens is 540 g/mol. The zero-order valence-electron chi connectivity index (χ0n) is 18.5. The number of benzene rings is 3. The van der Waals surface area contributed by atoms with E-state index in [1.54, 1.807) is 32.4 Å². The molecule has 0 bridgehead atoms. The largest absolute Gasteiger partial charge is 0.497 e. The number of pyridine rings is 1. The molecule has 0 aliphatic rings. The lowest BCUT2D eigenvalue weighted by Gasteiger charge is -2.24. The van der Waals surface area contributed by atoms with Crippen LogP contribution in [-0.2, 0) is 23.1 Å². The van der Waals surface area contributed by atoms with E-state index in [1.165, 1.54) is 10.5 Å². The molecule has 34 heavy (non-hydrogen) atoms. The smallest absolute Gasteiger partial charge is 0.244 e. The Morgan fingerprint density at radius 1 is 0.853 bits per heavy atom. The highest BCUT2D eigenvalue weighted by Gasteiger charge is 2.28. The average molecular weight is 562 g/mol. The minimum absolute atomic E-state index is 0.156. The summed E-state index contributed by atoms with van der Waals surface area (Å²) < 4.78 is 40.6. The molecule has 1 aromatic heterocycles. The fourth-order valence-electron chi connectivity index (χ4n) is 3.63. The summed E-state index contributed by atoms with van der Waals surface area (Å²) in [5.41, 5.74) is 1.66. The third-order valence-electron chi connectivity index (χ3n) is 5.41. The molecule has 0 fully saturated rings. The molecule has 9 heteroatoms. The second-order valence-corrected chi connectivity index (χ2v) is 10.8. The minimum Gasteiger partial charge on any atom is -0.497 e. The molecule has 0 saturated carbocycles. The predicted molar refractivity (Wildman–Crippen MR) is 137 cm³/mol. The highest BCUT2D eigenvalue weighted by atomic mass is 79.9. The maximum absolute atomic E-state index is 14.1. The number of aromatic nitrogens is 1. The fourth-order valence-corrected chi connectivity index (χ4v) is 6.10. The number of rotatable bonds is 8. The Morgan fingerprint density at radius 2 is 1.38 bits per heavy atom. The minimum atomic E-state index is -3.94. The molecule has 0 unspecified atom stereocenters. The second kappa shape index (κ2) is 10.3. The van der Waals surface area contributed by atoms with Crippen LogP contribution in [-0.4, -0.2) is 31.9 Å². The number of halogens is 2. The fraction of sp³-hybridized carbons (Fsp3) is 0.160. The van der Waals surface area contributed by atoms with Crippen LogP contribution in [0.4, 0.5) is 0 Å². The van der Waals surface area contributed by atoms with Crippen molar-refractivity contribution in [2.75, 3.05) is 14.2 Å². The summed E-state index contributed by atoms with van der Waals surface area (Å²) in [5.74, 6) is 1.40. The van der Waals surface area contributed by atoms with Crippen molar-refractivity contribution in [3.63, 3.8) is 0 Å². The maximum Gasteiger partial charge on any atom is 0.244 e. The van der Waals surface area contributed by atoms with E-state index in [1.807, 2.05) is 48.5 Å². The second-order valence-electron chi connectivity index (χ2n) is 7.57. The van der Waals surface area contributed by atoms with E-state index in [2.05, 4.69) is 20.9 Å². The van der Waals surface area contributed by atoms with Gasteiger partial charge in [0.1, 0.15) is 16.7 Å². The van der Waals surface area contributed by atoms with Gasteiger partial charge in [0.15, 0.2) is 0 Å². The van der Waals surface area contributed by atoms with Crippen LogP contribution in [0.2, 0.25) is 5.15 Å². The van der Waals surface area contributed by atoms with Crippen molar-refractivity contribution in [1.29, 1.82) is 0 Å². The Bertz CT molecular complexity index is 1360. The molecule has 4 aromatic rings. The molecule has 0 aliphatic heterocycles. The number of ether oxygens (including phenoxy) is 2. The van der Waals surface area contributed by atoms with Crippen LogP contribution in [0.25, 0.3) is 10.8 Å². The van der Waals surface area contributed by atoms with Gasteiger partial charge in [-0.25, -0.2) is 13.4 Å². The quantitative estimate of drug-likeness (QED) is 0.245. The van der Waals surface area contributed by atoms with Gasteiger partial charge in [0.25, 0.3) is 0 Å². The first-order chi connectivity index (χ1) is 16.3. The molecule has 1 heterocycles. The zero-order chi connectivity index (χ0) is 24.3. The van der Waals surface area contributed by atoms with E-state index in [-0.39, 0.29) is 23.1 Å². The van der Waals surface area contributed by atoms with Crippen molar-refractivity contribution < 1.29 is 17.9 Å². The Kier molecular flexibility index (Phi) is 7.42. The molecule has 4 rings (SSSR count). The topological polar surface area (TPSA) is 68.7 Å². The van der Waals surface area contributed by atoms with Gasteiger partial charge < -0.3 is 9.47 Å². The lowest BCUT2D eigenvalue weighted by atomic mass is 10.2. The molecule has 3 aromatic carbocycles. The van der Waals surface area contributed by atoms with Crippen LogP contribution in [0, 0.1) is 0 Å². The number of hydrogen-bond donors (Lipinski definition) is 0. The monoisotopic (exact) mass is 560 g/mol. The third kappa shape index (κ3) is 5.20. The SMILES string of the molecule is COc1ccc(CN(Cc2ccc(OC)cc2)S(=O)(=O)c2cc(Br)cc3c(Cl)nccc23)cc1. The first kappa shape index (κ1) is 24.5. The summed E-state index contributed by atoms with van der Waals surface area (Å²) in [7, 11) is -0.758. The van der Waals surface area contributed by atoms with Crippen molar-refractivity contribution >= 4 is 48.3 Å². The Hall–Kier alpha value is -2.65. The highest BCUT2D eigenvalue weighted by molar-refractivity contribution is 9.10.